The van der Waals surface area contributed by atoms with E-state index in [2.05, 4.69) is 4.98 Å². The molecule has 1 aliphatic rings. The van der Waals surface area contributed by atoms with E-state index in [0.717, 1.165) is 5.56 Å². The summed E-state index contributed by atoms with van der Waals surface area (Å²) in [4.78, 5) is 29.9. The molecular formula is C16H22N2O3. The van der Waals surface area contributed by atoms with E-state index in [1.807, 2.05) is 19.9 Å². The van der Waals surface area contributed by atoms with E-state index < -0.39 is 17.9 Å². The smallest absolute Gasteiger partial charge is 0.308 e. The van der Waals surface area contributed by atoms with Gasteiger partial charge < -0.3 is 10.0 Å². The Kier molecular flexibility index (Phi) is 4.94. The topological polar surface area (TPSA) is 70.5 Å². The van der Waals surface area contributed by atoms with E-state index in [-0.39, 0.29) is 5.91 Å². The Morgan fingerprint density at radius 3 is 2.86 bits per heavy atom. The summed E-state index contributed by atoms with van der Waals surface area (Å²) in [5.74, 6) is -1.08. The highest BCUT2D eigenvalue weighted by Gasteiger charge is 2.38. The van der Waals surface area contributed by atoms with Crippen LogP contribution < -0.4 is 0 Å². The summed E-state index contributed by atoms with van der Waals surface area (Å²) < 4.78 is 0. The normalized spacial score (nSPS) is 23.2. The number of likely N-dealkylation sites (tertiary alicyclic amines) is 1. The summed E-state index contributed by atoms with van der Waals surface area (Å²) in [5.41, 5.74) is 0.806. The molecule has 1 aliphatic heterocycles. The lowest BCUT2D eigenvalue weighted by molar-refractivity contribution is -0.146. The zero-order chi connectivity index (χ0) is 15.4. The van der Waals surface area contributed by atoms with Crippen LogP contribution in [-0.4, -0.2) is 33.4 Å². The third-order valence-electron chi connectivity index (χ3n) is 3.85. The molecule has 0 spiro atoms. The molecule has 2 heterocycles. The Balaban J connectivity index is 2.44. The Labute approximate surface area is 125 Å². The zero-order valence-corrected chi connectivity index (χ0v) is 12.5. The fourth-order valence-corrected chi connectivity index (χ4v) is 2.98. The highest BCUT2D eigenvalue weighted by atomic mass is 16.4. The van der Waals surface area contributed by atoms with Crippen LogP contribution in [0.15, 0.2) is 24.5 Å². The van der Waals surface area contributed by atoms with Crippen molar-refractivity contribution in [2.75, 3.05) is 6.54 Å². The number of nitrogens with zero attached hydrogens (tertiary/aromatic N) is 2. The number of pyridine rings is 1. The first-order valence-corrected chi connectivity index (χ1v) is 7.43. The second-order valence-corrected chi connectivity index (χ2v) is 6.01. The quantitative estimate of drug-likeness (QED) is 0.925. The molecule has 1 N–H and O–H groups in total. The van der Waals surface area contributed by atoms with Gasteiger partial charge in [0.05, 0.1) is 12.0 Å². The molecule has 1 aromatic rings. The Bertz CT molecular complexity index is 502. The fraction of sp³-hybridized carbons (Fsp3) is 0.562. The SMILES string of the molecule is CC(C)CN1C(=O)CCCC(C(=O)O)C1c1cccnc1. The van der Waals surface area contributed by atoms with Crippen LogP contribution in [0.25, 0.3) is 0 Å². The molecule has 114 valence electrons. The van der Waals surface area contributed by atoms with Crippen molar-refractivity contribution in [3.8, 4) is 0 Å². The van der Waals surface area contributed by atoms with Crippen LogP contribution in [0, 0.1) is 11.8 Å². The second kappa shape index (κ2) is 6.70. The van der Waals surface area contributed by atoms with Gasteiger partial charge in [-0.15, -0.1) is 0 Å². The first-order valence-electron chi connectivity index (χ1n) is 7.43. The van der Waals surface area contributed by atoms with Gasteiger partial charge in [-0.25, -0.2) is 0 Å². The monoisotopic (exact) mass is 290 g/mol. The van der Waals surface area contributed by atoms with Crippen LogP contribution in [0.2, 0.25) is 0 Å². The highest BCUT2D eigenvalue weighted by molar-refractivity contribution is 5.79. The van der Waals surface area contributed by atoms with Gasteiger partial charge in [0.1, 0.15) is 0 Å². The van der Waals surface area contributed by atoms with E-state index >= 15 is 0 Å². The summed E-state index contributed by atoms with van der Waals surface area (Å²) in [6.07, 6.45) is 4.90. The third kappa shape index (κ3) is 3.60. The number of carboxylic acid groups (broad SMARTS) is 1. The second-order valence-electron chi connectivity index (χ2n) is 6.01. The average Bonchev–Trinajstić information content (AvgIpc) is 2.60. The summed E-state index contributed by atoms with van der Waals surface area (Å²) in [6.45, 7) is 4.64. The number of aromatic nitrogens is 1. The van der Waals surface area contributed by atoms with Crippen LogP contribution in [0.3, 0.4) is 0 Å². The summed E-state index contributed by atoms with van der Waals surface area (Å²) in [5, 5.41) is 9.57. The van der Waals surface area contributed by atoms with Gasteiger partial charge in [-0.2, -0.15) is 0 Å². The molecule has 0 radical (unpaired) electrons. The van der Waals surface area contributed by atoms with Crippen LogP contribution in [0.1, 0.15) is 44.7 Å². The number of amides is 1. The van der Waals surface area contributed by atoms with Gasteiger partial charge >= 0.3 is 5.97 Å². The van der Waals surface area contributed by atoms with Crippen LogP contribution in [0.5, 0.6) is 0 Å². The lowest BCUT2D eigenvalue weighted by atomic mass is 9.89. The molecule has 1 aromatic heterocycles. The molecule has 0 saturated carbocycles. The van der Waals surface area contributed by atoms with Crippen LogP contribution in [0.4, 0.5) is 0 Å². The van der Waals surface area contributed by atoms with Crippen LogP contribution >= 0.6 is 0 Å². The molecule has 2 rings (SSSR count). The van der Waals surface area contributed by atoms with Gasteiger partial charge in [0.25, 0.3) is 0 Å². The molecule has 0 bridgehead atoms. The molecule has 21 heavy (non-hydrogen) atoms. The Hall–Kier alpha value is -1.91. The van der Waals surface area contributed by atoms with Gasteiger partial charge in [-0.1, -0.05) is 19.9 Å². The van der Waals surface area contributed by atoms with Crippen molar-refractivity contribution in [3.05, 3.63) is 30.1 Å². The van der Waals surface area contributed by atoms with Crippen molar-refractivity contribution in [2.24, 2.45) is 11.8 Å². The van der Waals surface area contributed by atoms with Crippen molar-refractivity contribution in [1.29, 1.82) is 0 Å². The van der Waals surface area contributed by atoms with Gasteiger partial charge in [0.15, 0.2) is 0 Å². The molecule has 2 atom stereocenters. The number of hydrogen-bond acceptors (Lipinski definition) is 3. The predicted molar refractivity (Wildman–Crippen MR) is 78.5 cm³/mol. The molecule has 1 saturated heterocycles. The van der Waals surface area contributed by atoms with E-state index in [4.69, 9.17) is 0 Å². The largest absolute Gasteiger partial charge is 0.481 e. The van der Waals surface area contributed by atoms with Crippen molar-refractivity contribution < 1.29 is 14.7 Å². The minimum absolute atomic E-state index is 0.0429. The molecule has 5 nitrogen and oxygen atoms in total. The van der Waals surface area contributed by atoms with E-state index in [1.54, 1.807) is 23.4 Å². The Morgan fingerprint density at radius 2 is 2.29 bits per heavy atom. The average molecular weight is 290 g/mol. The van der Waals surface area contributed by atoms with Gasteiger partial charge in [-0.05, 0) is 30.4 Å². The fourth-order valence-electron chi connectivity index (χ4n) is 2.98. The first-order chi connectivity index (χ1) is 10.0. The van der Waals surface area contributed by atoms with Crippen molar-refractivity contribution in [3.63, 3.8) is 0 Å². The number of aliphatic carboxylic acids is 1. The zero-order valence-electron chi connectivity index (χ0n) is 12.5. The molecule has 5 heteroatoms. The minimum Gasteiger partial charge on any atom is -0.481 e. The van der Waals surface area contributed by atoms with E-state index in [9.17, 15) is 14.7 Å². The maximum atomic E-state index is 12.4. The maximum Gasteiger partial charge on any atom is 0.308 e. The Morgan fingerprint density at radius 1 is 1.52 bits per heavy atom. The van der Waals surface area contributed by atoms with E-state index in [1.165, 1.54) is 0 Å². The first kappa shape index (κ1) is 15.5. The van der Waals surface area contributed by atoms with Gasteiger partial charge in [0, 0.05) is 25.4 Å². The van der Waals surface area contributed by atoms with Crippen molar-refractivity contribution in [1.82, 2.24) is 9.88 Å². The lowest BCUT2D eigenvalue weighted by Gasteiger charge is -2.34. The van der Waals surface area contributed by atoms with Gasteiger partial charge in [0.2, 0.25) is 5.91 Å². The van der Waals surface area contributed by atoms with Crippen molar-refractivity contribution in [2.45, 2.75) is 39.2 Å². The summed E-state index contributed by atoms with van der Waals surface area (Å²) in [6, 6.07) is 3.23. The molecule has 0 aliphatic carbocycles. The summed E-state index contributed by atoms with van der Waals surface area (Å²) in [7, 11) is 0. The van der Waals surface area contributed by atoms with Gasteiger partial charge in [-0.3, -0.25) is 14.6 Å². The maximum absolute atomic E-state index is 12.4. The van der Waals surface area contributed by atoms with E-state index in [0.29, 0.717) is 31.7 Å². The number of hydrogen-bond donors (Lipinski definition) is 1. The number of carboxylic acids is 1. The molecule has 1 fully saturated rings. The third-order valence-corrected chi connectivity index (χ3v) is 3.85. The standard InChI is InChI=1S/C16H22N2O3/c1-11(2)10-18-14(19)7-3-6-13(16(20)21)15(18)12-5-4-8-17-9-12/h4-5,8-9,11,13,15H,3,6-7,10H2,1-2H3,(H,20,21). The van der Waals surface area contributed by atoms with Crippen molar-refractivity contribution >= 4 is 11.9 Å². The number of carbonyl (C=O) groups excluding carboxylic acids is 1. The van der Waals surface area contributed by atoms with Crippen LogP contribution in [-0.2, 0) is 9.59 Å². The summed E-state index contributed by atoms with van der Waals surface area (Å²) >= 11 is 0. The highest BCUT2D eigenvalue weighted by Crippen LogP contribution is 2.36. The molecule has 1 amide bonds. The minimum atomic E-state index is -0.840. The number of carbonyl (C=O) groups is 2. The molecule has 2 unspecified atom stereocenters. The lowest BCUT2D eigenvalue weighted by Crippen LogP contribution is -2.41. The molecular weight excluding hydrogens is 268 g/mol. The predicted octanol–water partition coefficient (Wildman–Crippen LogP) is 2.49. The number of rotatable bonds is 4. The molecule has 0 aromatic carbocycles.